The average Bonchev–Trinajstić information content (AvgIpc) is 2.99. The maximum absolute atomic E-state index is 12.7. The van der Waals surface area contributed by atoms with Crippen molar-refractivity contribution in [2.75, 3.05) is 5.32 Å². The standard InChI is InChI=1S/C21H32N4O3S/c1-14-9-11-16(12-10-14)29(27,28)24-15(2)19(26)22-18-13-17(20(3,4)5)23-25(18)21(6,7)8/h9-13,15,24H,1-8H3,(H,22,26)/t15-/m0/s1. The topological polar surface area (TPSA) is 93.1 Å². The molecule has 2 N–H and O–H groups in total. The van der Waals surface area contributed by atoms with Gasteiger partial charge in [-0.05, 0) is 46.8 Å². The summed E-state index contributed by atoms with van der Waals surface area (Å²) in [5.74, 6) is 0.0837. The summed E-state index contributed by atoms with van der Waals surface area (Å²) in [4.78, 5) is 12.9. The fraction of sp³-hybridized carbons (Fsp3) is 0.524. The molecule has 0 saturated heterocycles. The molecule has 0 bridgehead atoms. The lowest BCUT2D eigenvalue weighted by Crippen LogP contribution is -2.42. The van der Waals surface area contributed by atoms with Crippen LogP contribution in [0.5, 0.6) is 0 Å². The van der Waals surface area contributed by atoms with Gasteiger partial charge in [0.2, 0.25) is 15.9 Å². The summed E-state index contributed by atoms with van der Waals surface area (Å²) >= 11 is 0. The van der Waals surface area contributed by atoms with Crippen molar-refractivity contribution in [1.29, 1.82) is 0 Å². The summed E-state index contributed by atoms with van der Waals surface area (Å²) in [6.07, 6.45) is 0. The Balaban J connectivity index is 2.23. The largest absolute Gasteiger partial charge is 0.309 e. The summed E-state index contributed by atoms with van der Waals surface area (Å²) < 4.78 is 29.3. The number of aryl methyl sites for hydroxylation is 1. The molecule has 0 spiro atoms. The van der Waals surface area contributed by atoms with Crippen molar-refractivity contribution in [3.05, 3.63) is 41.6 Å². The molecule has 0 aliphatic carbocycles. The zero-order valence-electron chi connectivity index (χ0n) is 18.5. The number of carbonyl (C=O) groups excluding carboxylic acids is 1. The zero-order chi connectivity index (χ0) is 22.2. The van der Waals surface area contributed by atoms with Crippen molar-refractivity contribution in [2.24, 2.45) is 0 Å². The molecule has 1 aromatic carbocycles. The van der Waals surface area contributed by atoms with E-state index in [4.69, 9.17) is 0 Å². The molecular formula is C21H32N4O3S. The molecule has 1 aromatic heterocycles. The summed E-state index contributed by atoms with van der Waals surface area (Å²) in [6, 6.07) is 7.36. The predicted octanol–water partition coefficient (Wildman–Crippen LogP) is 3.55. The van der Waals surface area contributed by atoms with Crippen LogP contribution in [0.3, 0.4) is 0 Å². The van der Waals surface area contributed by atoms with E-state index in [1.54, 1.807) is 16.8 Å². The second-order valence-electron chi connectivity index (χ2n) is 9.39. The van der Waals surface area contributed by atoms with Crippen LogP contribution >= 0.6 is 0 Å². The maximum atomic E-state index is 12.7. The molecule has 0 aliphatic heterocycles. The van der Waals surface area contributed by atoms with Gasteiger partial charge in [0.15, 0.2) is 0 Å². The van der Waals surface area contributed by atoms with E-state index in [-0.39, 0.29) is 15.8 Å². The highest BCUT2D eigenvalue weighted by Gasteiger charge is 2.28. The third-order valence-electron chi connectivity index (χ3n) is 4.42. The van der Waals surface area contributed by atoms with Crippen molar-refractivity contribution in [2.45, 2.75) is 77.3 Å². The van der Waals surface area contributed by atoms with E-state index >= 15 is 0 Å². The number of anilines is 1. The fourth-order valence-corrected chi connectivity index (χ4v) is 3.86. The Labute approximate surface area is 173 Å². The van der Waals surface area contributed by atoms with Crippen LogP contribution in [0.25, 0.3) is 0 Å². The van der Waals surface area contributed by atoms with E-state index in [1.165, 1.54) is 19.1 Å². The number of nitrogens with one attached hydrogen (secondary N) is 2. The molecule has 0 aliphatic rings. The smallest absolute Gasteiger partial charge is 0.243 e. The van der Waals surface area contributed by atoms with E-state index in [1.807, 2.05) is 54.5 Å². The summed E-state index contributed by atoms with van der Waals surface area (Å²) in [6.45, 7) is 15.5. The summed E-state index contributed by atoms with van der Waals surface area (Å²) in [7, 11) is -3.80. The molecule has 1 heterocycles. The first-order chi connectivity index (χ1) is 13.1. The lowest BCUT2D eigenvalue weighted by atomic mass is 9.92. The highest BCUT2D eigenvalue weighted by Crippen LogP contribution is 2.28. The Hall–Kier alpha value is -2.19. The van der Waals surface area contributed by atoms with Gasteiger partial charge >= 0.3 is 0 Å². The molecule has 1 atom stereocenters. The van der Waals surface area contributed by atoms with Crippen LogP contribution in [0.15, 0.2) is 35.2 Å². The van der Waals surface area contributed by atoms with Gasteiger partial charge in [0.05, 0.1) is 22.2 Å². The molecule has 7 nitrogen and oxygen atoms in total. The Kier molecular flexibility index (Phi) is 6.30. The van der Waals surface area contributed by atoms with Gasteiger partial charge in [0.1, 0.15) is 5.82 Å². The number of benzene rings is 1. The van der Waals surface area contributed by atoms with Crippen molar-refractivity contribution in [1.82, 2.24) is 14.5 Å². The van der Waals surface area contributed by atoms with Crippen LogP contribution in [0.2, 0.25) is 0 Å². The number of nitrogens with zero attached hydrogens (tertiary/aromatic N) is 2. The molecule has 8 heteroatoms. The van der Waals surface area contributed by atoms with Crippen LogP contribution in [0.1, 0.15) is 59.7 Å². The minimum Gasteiger partial charge on any atom is -0.309 e. The highest BCUT2D eigenvalue weighted by atomic mass is 32.2. The second-order valence-corrected chi connectivity index (χ2v) is 11.1. The van der Waals surface area contributed by atoms with E-state index in [0.717, 1.165) is 11.3 Å². The van der Waals surface area contributed by atoms with Gasteiger partial charge in [0.25, 0.3) is 0 Å². The van der Waals surface area contributed by atoms with Gasteiger partial charge < -0.3 is 5.32 Å². The average molecular weight is 421 g/mol. The number of amides is 1. The molecule has 0 radical (unpaired) electrons. The molecule has 1 amide bonds. The number of hydrogen-bond acceptors (Lipinski definition) is 4. The molecular weight excluding hydrogens is 388 g/mol. The lowest BCUT2D eigenvalue weighted by molar-refractivity contribution is -0.117. The van der Waals surface area contributed by atoms with Crippen molar-refractivity contribution < 1.29 is 13.2 Å². The number of sulfonamides is 1. The fourth-order valence-electron chi connectivity index (χ4n) is 2.65. The van der Waals surface area contributed by atoms with Gasteiger partial charge in [-0.25, -0.2) is 13.1 Å². The minimum absolute atomic E-state index is 0.123. The molecule has 2 aromatic rings. The molecule has 0 unspecified atom stereocenters. The van der Waals surface area contributed by atoms with Crippen LogP contribution in [0, 0.1) is 6.92 Å². The van der Waals surface area contributed by atoms with Crippen LogP contribution in [0.4, 0.5) is 5.82 Å². The van der Waals surface area contributed by atoms with Crippen molar-refractivity contribution >= 4 is 21.7 Å². The van der Waals surface area contributed by atoms with Gasteiger partial charge in [0, 0.05) is 11.5 Å². The summed E-state index contributed by atoms with van der Waals surface area (Å²) in [5.41, 5.74) is 1.27. The highest BCUT2D eigenvalue weighted by molar-refractivity contribution is 7.89. The van der Waals surface area contributed by atoms with Crippen LogP contribution in [-0.4, -0.2) is 30.1 Å². The first kappa shape index (κ1) is 23.1. The first-order valence-electron chi connectivity index (χ1n) is 9.62. The number of hydrogen-bond donors (Lipinski definition) is 2. The van der Waals surface area contributed by atoms with Crippen molar-refractivity contribution in [3.8, 4) is 0 Å². The van der Waals surface area contributed by atoms with Crippen LogP contribution < -0.4 is 10.0 Å². The zero-order valence-corrected chi connectivity index (χ0v) is 19.3. The minimum atomic E-state index is -3.80. The van der Waals surface area contributed by atoms with E-state index in [0.29, 0.717) is 5.82 Å². The van der Waals surface area contributed by atoms with Crippen molar-refractivity contribution in [3.63, 3.8) is 0 Å². The number of rotatable bonds is 5. The quantitative estimate of drug-likeness (QED) is 0.774. The van der Waals surface area contributed by atoms with Gasteiger partial charge in [-0.2, -0.15) is 9.82 Å². The third kappa shape index (κ3) is 5.67. The number of carbonyl (C=O) groups is 1. The summed E-state index contributed by atoms with van der Waals surface area (Å²) in [5, 5.41) is 7.49. The first-order valence-corrected chi connectivity index (χ1v) is 11.1. The van der Waals surface area contributed by atoms with E-state index < -0.39 is 22.0 Å². The molecule has 2 rings (SSSR count). The normalized spacial score (nSPS) is 13.9. The Morgan fingerprint density at radius 2 is 1.62 bits per heavy atom. The van der Waals surface area contributed by atoms with E-state index in [2.05, 4.69) is 15.1 Å². The predicted molar refractivity (Wildman–Crippen MR) is 116 cm³/mol. The van der Waals surface area contributed by atoms with Gasteiger partial charge in [-0.15, -0.1) is 0 Å². The Bertz CT molecular complexity index is 978. The third-order valence-corrected chi connectivity index (χ3v) is 5.98. The second kappa shape index (κ2) is 7.91. The molecule has 160 valence electrons. The molecule has 0 fully saturated rings. The van der Waals surface area contributed by atoms with Gasteiger partial charge in [-0.1, -0.05) is 38.5 Å². The molecule has 29 heavy (non-hydrogen) atoms. The van der Waals surface area contributed by atoms with E-state index in [9.17, 15) is 13.2 Å². The SMILES string of the molecule is Cc1ccc(S(=O)(=O)N[C@@H](C)C(=O)Nc2cc(C(C)(C)C)nn2C(C)(C)C)cc1. The Morgan fingerprint density at radius 1 is 1.07 bits per heavy atom. The maximum Gasteiger partial charge on any atom is 0.243 e. The molecule has 0 saturated carbocycles. The number of aromatic nitrogens is 2. The lowest BCUT2D eigenvalue weighted by Gasteiger charge is -2.23. The van der Waals surface area contributed by atoms with Crippen LogP contribution in [-0.2, 0) is 25.8 Å². The Morgan fingerprint density at radius 3 is 2.10 bits per heavy atom. The van der Waals surface area contributed by atoms with Gasteiger partial charge in [-0.3, -0.25) is 4.79 Å². The monoisotopic (exact) mass is 420 g/mol.